The monoisotopic (exact) mass is 398 g/mol. The number of benzene rings is 1. The lowest BCUT2D eigenvalue weighted by atomic mass is 10.2. The number of rotatable bonds is 5. The first-order valence-corrected chi connectivity index (χ1v) is 10.1. The zero-order valence-electron chi connectivity index (χ0n) is 16.1. The van der Waals surface area contributed by atoms with Crippen molar-refractivity contribution in [1.29, 1.82) is 0 Å². The van der Waals surface area contributed by atoms with Crippen molar-refractivity contribution >= 4 is 21.9 Å². The first kappa shape index (κ1) is 21.3. The van der Waals surface area contributed by atoms with E-state index in [0.29, 0.717) is 13.2 Å². The van der Waals surface area contributed by atoms with Crippen LogP contribution >= 0.6 is 0 Å². The Morgan fingerprint density at radius 2 is 1.85 bits per heavy atom. The van der Waals surface area contributed by atoms with Crippen LogP contribution in [0.3, 0.4) is 0 Å². The van der Waals surface area contributed by atoms with E-state index in [1.807, 2.05) is 0 Å². The normalized spacial score (nSPS) is 16.0. The number of nitrogens with zero attached hydrogens (tertiary/aromatic N) is 2. The number of hydrogen-bond donors (Lipinski definition) is 0. The van der Waals surface area contributed by atoms with Crippen LogP contribution in [-0.4, -0.2) is 75.0 Å². The summed E-state index contributed by atoms with van der Waals surface area (Å²) in [5.41, 5.74) is -0.456. The molecule has 1 aromatic carbocycles. The predicted octanol–water partition coefficient (Wildman–Crippen LogP) is 1.12. The maximum atomic E-state index is 12.7. The van der Waals surface area contributed by atoms with Crippen LogP contribution in [0.5, 0.6) is 0 Å². The fourth-order valence-corrected chi connectivity index (χ4v) is 4.04. The summed E-state index contributed by atoms with van der Waals surface area (Å²) < 4.78 is 37.2. The number of carbonyl (C=O) groups excluding carboxylic acids is 2. The SMILES string of the molecule is CN(CC(=O)OC(C)(C)C)C(=O)c1cccc(S(=O)(=O)N2CCOCC2)c1. The lowest BCUT2D eigenvalue weighted by Crippen LogP contribution is -2.40. The molecule has 1 heterocycles. The summed E-state index contributed by atoms with van der Waals surface area (Å²) in [7, 11) is -2.23. The van der Waals surface area contributed by atoms with Crippen LogP contribution in [-0.2, 0) is 24.3 Å². The van der Waals surface area contributed by atoms with E-state index in [1.54, 1.807) is 20.8 Å². The third-order valence-electron chi connectivity index (χ3n) is 3.82. The van der Waals surface area contributed by atoms with E-state index < -0.39 is 27.5 Å². The molecular formula is C18H26N2O6S. The highest BCUT2D eigenvalue weighted by Crippen LogP contribution is 2.19. The Morgan fingerprint density at radius 3 is 2.44 bits per heavy atom. The molecule has 1 fully saturated rings. The Bertz CT molecular complexity index is 794. The first-order valence-electron chi connectivity index (χ1n) is 8.66. The molecule has 8 nitrogen and oxygen atoms in total. The molecule has 0 atom stereocenters. The number of likely N-dealkylation sites (N-methyl/N-ethyl adjacent to an activating group) is 1. The zero-order valence-corrected chi connectivity index (χ0v) is 16.9. The number of morpholine rings is 1. The first-order chi connectivity index (χ1) is 12.5. The van der Waals surface area contributed by atoms with Crippen molar-refractivity contribution < 1.29 is 27.5 Å². The molecule has 150 valence electrons. The van der Waals surface area contributed by atoms with E-state index in [0.717, 1.165) is 0 Å². The van der Waals surface area contributed by atoms with Gasteiger partial charge >= 0.3 is 5.97 Å². The molecule has 1 amide bonds. The van der Waals surface area contributed by atoms with Gasteiger partial charge in [0, 0.05) is 25.7 Å². The van der Waals surface area contributed by atoms with Gasteiger partial charge in [0.1, 0.15) is 12.1 Å². The van der Waals surface area contributed by atoms with Gasteiger partial charge in [-0.15, -0.1) is 0 Å². The van der Waals surface area contributed by atoms with E-state index in [4.69, 9.17) is 9.47 Å². The number of esters is 1. The molecule has 0 saturated carbocycles. The zero-order chi connectivity index (χ0) is 20.2. The highest BCUT2D eigenvalue weighted by Gasteiger charge is 2.27. The lowest BCUT2D eigenvalue weighted by molar-refractivity contribution is -0.155. The van der Waals surface area contributed by atoms with Crippen molar-refractivity contribution in [2.45, 2.75) is 31.3 Å². The van der Waals surface area contributed by atoms with Crippen molar-refractivity contribution in [3.05, 3.63) is 29.8 Å². The molecule has 1 saturated heterocycles. The second kappa shape index (κ2) is 8.37. The molecule has 0 aromatic heterocycles. The van der Waals surface area contributed by atoms with E-state index in [2.05, 4.69) is 0 Å². The van der Waals surface area contributed by atoms with Gasteiger partial charge in [0.2, 0.25) is 10.0 Å². The summed E-state index contributed by atoms with van der Waals surface area (Å²) in [5, 5.41) is 0. The van der Waals surface area contributed by atoms with Gasteiger partial charge in [-0.3, -0.25) is 9.59 Å². The molecule has 0 bridgehead atoms. The van der Waals surface area contributed by atoms with Crippen molar-refractivity contribution in [2.75, 3.05) is 39.9 Å². The van der Waals surface area contributed by atoms with Crippen LogP contribution in [0.1, 0.15) is 31.1 Å². The third-order valence-corrected chi connectivity index (χ3v) is 5.72. The minimum Gasteiger partial charge on any atom is -0.459 e. The van der Waals surface area contributed by atoms with Crippen LogP contribution in [0.4, 0.5) is 0 Å². The van der Waals surface area contributed by atoms with Gasteiger partial charge in [-0.25, -0.2) is 8.42 Å². The summed E-state index contributed by atoms with van der Waals surface area (Å²) in [5.74, 6) is -0.990. The summed E-state index contributed by atoms with van der Waals surface area (Å²) in [6, 6.07) is 5.82. The highest BCUT2D eigenvalue weighted by atomic mass is 32.2. The quantitative estimate of drug-likeness (QED) is 0.690. The molecule has 1 aromatic rings. The molecular weight excluding hydrogens is 372 g/mol. The molecule has 0 unspecified atom stereocenters. The molecule has 9 heteroatoms. The molecule has 0 spiro atoms. The van der Waals surface area contributed by atoms with E-state index in [9.17, 15) is 18.0 Å². The van der Waals surface area contributed by atoms with Gasteiger partial charge < -0.3 is 14.4 Å². The van der Waals surface area contributed by atoms with Crippen LogP contribution in [0.25, 0.3) is 0 Å². The van der Waals surface area contributed by atoms with Crippen LogP contribution in [0.2, 0.25) is 0 Å². The van der Waals surface area contributed by atoms with Crippen LogP contribution in [0, 0.1) is 0 Å². The van der Waals surface area contributed by atoms with Crippen molar-refractivity contribution in [3.8, 4) is 0 Å². The maximum absolute atomic E-state index is 12.7. The minimum absolute atomic E-state index is 0.0425. The second-order valence-electron chi connectivity index (χ2n) is 7.29. The molecule has 1 aliphatic rings. The van der Waals surface area contributed by atoms with Gasteiger partial charge in [-0.2, -0.15) is 4.31 Å². The lowest BCUT2D eigenvalue weighted by Gasteiger charge is -2.26. The van der Waals surface area contributed by atoms with Gasteiger partial charge in [0.25, 0.3) is 5.91 Å². The highest BCUT2D eigenvalue weighted by molar-refractivity contribution is 7.89. The van der Waals surface area contributed by atoms with Gasteiger partial charge in [0.15, 0.2) is 0 Å². The Kier molecular flexibility index (Phi) is 6.61. The van der Waals surface area contributed by atoms with E-state index in [-0.39, 0.29) is 30.1 Å². The summed E-state index contributed by atoms with van der Waals surface area (Å²) in [6.45, 7) is 6.24. The third kappa shape index (κ3) is 5.75. The van der Waals surface area contributed by atoms with Crippen LogP contribution < -0.4 is 0 Å². The average molecular weight is 398 g/mol. The molecule has 0 radical (unpaired) electrons. The van der Waals surface area contributed by atoms with E-state index >= 15 is 0 Å². The number of amides is 1. The topological polar surface area (TPSA) is 93.2 Å². The van der Waals surface area contributed by atoms with Crippen LogP contribution in [0.15, 0.2) is 29.2 Å². The number of ether oxygens (including phenoxy) is 2. The smallest absolute Gasteiger partial charge is 0.326 e. The number of carbonyl (C=O) groups is 2. The fourth-order valence-electron chi connectivity index (χ4n) is 2.59. The van der Waals surface area contributed by atoms with Crippen molar-refractivity contribution in [2.24, 2.45) is 0 Å². The Labute approximate surface area is 160 Å². The van der Waals surface area contributed by atoms with Gasteiger partial charge in [0.05, 0.1) is 18.1 Å². The number of sulfonamides is 1. The average Bonchev–Trinajstić information content (AvgIpc) is 2.60. The molecule has 1 aliphatic heterocycles. The standard InChI is InChI=1S/C18H26N2O6S/c1-18(2,3)26-16(21)13-19(4)17(22)14-6-5-7-15(12-14)27(23,24)20-8-10-25-11-9-20/h5-7,12H,8-11,13H2,1-4H3. The Morgan fingerprint density at radius 1 is 1.22 bits per heavy atom. The Balaban J connectivity index is 2.14. The summed E-state index contributed by atoms with van der Waals surface area (Å²) in [6.07, 6.45) is 0. The largest absolute Gasteiger partial charge is 0.459 e. The summed E-state index contributed by atoms with van der Waals surface area (Å²) in [4.78, 5) is 25.7. The van der Waals surface area contributed by atoms with Gasteiger partial charge in [-0.1, -0.05) is 6.07 Å². The van der Waals surface area contributed by atoms with Gasteiger partial charge in [-0.05, 0) is 39.0 Å². The summed E-state index contributed by atoms with van der Waals surface area (Å²) >= 11 is 0. The fraction of sp³-hybridized carbons (Fsp3) is 0.556. The molecule has 0 aliphatic carbocycles. The predicted molar refractivity (Wildman–Crippen MR) is 98.8 cm³/mol. The Hall–Kier alpha value is -1.97. The van der Waals surface area contributed by atoms with E-state index in [1.165, 1.54) is 40.5 Å². The number of hydrogen-bond acceptors (Lipinski definition) is 6. The second-order valence-corrected chi connectivity index (χ2v) is 9.23. The van der Waals surface area contributed by atoms with Crippen molar-refractivity contribution in [3.63, 3.8) is 0 Å². The molecule has 27 heavy (non-hydrogen) atoms. The molecule has 0 N–H and O–H groups in total. The van der Waals surface area contributed by atoms with Crippen molar-refractivity contribution in [1.82, 2.24) is 9.21 Å². The minimum atomic E-state index is -3.70. The molecule has 2 rings (SSSR count). The maximum Gasteiger partial charge on any atom is 0.326 e.